The predicted molar refractivity (Wildman–Crippen MR) is 105 cm³/mol. The highest BCUT2D eigenvalue weighted by Crippen LogP contribution is 2.09. The van der Waals surface area contributed by atoms with Crippen LogP contribution in [-0.2, 0) is 27.2 Å². The fourth-order valence-corrected chi connectivity index (χ4v) is 3.33. The summed E-state index contributed by atoms with van der Waals surface area (Å²) in [5.74, 6) is -1.94. The highest BCUT2D eigenvalue weighted by molar-refractivity contribution is 5.92. The molecule has 2 amide bonds. The molecule has 3 atom stereocenters. The molecule has 154 valence electrons. The van der Waals surface area contributed by atoms with Gasteiger partial charge in [-0.05, 0) is 24.9 Å². The van der Waals surface area contributed by atoms with E-state index in [2.05, 4.69) is 25.9 Å². The topological polar surface area (TPSA) is 136 Å². The van der Waals surface area contributed by atoms with E-state index in [1.165, 1.54) is 12.5 Å². The van der Waals surface area contributed by atoms with Crippen LogP contribution in [0.15, 0.2) is 42.9 Å². The highest BCUT2D eigenvalue weighted by Gasteiger charge is 2.30. The molecule has 0 saturated carbocycles. The molecule has 2 heterocycles. The maximum atomic E-state index is 12.9. The molecule has 2 aromatic rings. The minimum Gasteiger partial charge on any atom is -0.480 e. The van der Waals surface area contributed by atoms with E-state index in [0.717, 1.165) is 18.5 Å². The number of nitrogens with one attached hydrogen (secondary N) is 4. The third kappa shape index (κ3) is 5.89. The Kier molecular flexibility index (Phi) is 6.96. The molecule has 1 aromatic carbocycles. The summed E-state index contributed by atoms with van der Waals surface area (Å²) in [6.45, 7) is 0.763. The number of aliphatic carboxylic acids is 1. The van der Waals surface area contributed by atoms with Crippen LogP contribution in [0.3, 0.4) is 0 Å². The number of hydrogen-bond acceptors (Lipinski definition) is 5. The lowest BCUT2D eigenvalue weighted by Crippen LogP contribution is -2.55. The van der Waals surface area contributed by atoms with Gasteiger partial charge in [-0.3, -0.25) is 9.59 Å². The second-order valence-electron chi connectivity index (χ2n) is 7.08. The number of carboxylic acids is 1. The summed E-state index contributed by atoms with van der Waals surface area (Å²) in [6.07, 6.45) is 4.90. The number of aromatic amines is 1. The molecule has 1 fully saturated rings. The molecule has 1 saturated heterocycles. The van der Waals surface area contributed by atoms with Crippen LogP contribution in [0.1, 0.15) is 24.1 Å². The van der Waals surface area contributed by atoms with Crippen LogP contribution in [0.25, 0.3) is 0 Å². The van der Waals surface area contributed by atoms with Crippen molar-refractivity contribution >= 4 is 17.8 Å². The van der Waals surface area contributed by atoms with Gasteiger partial charge in [0.25, 0.3) is 0 Å². The SMILES string of the molecule is O=C(O)C(Cc1cnc[nH]1)NC(=O)C(Cc1ccccc1)NC(=O)C1CCCN1. The van der Waals surface area contributed by atoms with Crippen LogP contribution in [-0.4, -0.2) is 57.5 Å². The van der Waals surface area contributed by atoms with Crippen molar-refractivity contribution in [2.24, 2.45) is 0 Å². The quantitative estimate of drug-likeness (QED) is 0.403. The van der Waals surface area contributed by atoms with Gasteiger partial charge in [0.15, 0.2) is 0 Å². The summed E-state index contributed by atoms with van der Waals surface area (Å²) >= 11 is 0. The maximum Gasteiger partial charge on any atom is 0.326 e. The van der Waals surface area contributed by atoms with Gasteiger partial charge in [0.05, 0.1) is 12.4 Å². The Labute approximate surface area is 168 Å². The number of H-pyrrole nitrogens is 1. The summed E-state index contributed by atoms with van der Waals surface area (Å²) in [5.41, 5.74) is 1.46. The minimum atomic E-state index is -1.16. The molecule has 1 aromatic heterocycles. The fraction of sp³-hybridized carbons (Fsp3) is 0.400. The van der Waals surface area contributed by atoms with E-state index >= 15 is 0 Å². The highest BCUT2D eigenvalue weighted by atomic mass is 16.4. The smallest absolute Gasteiger partial charge is 0.326 e. The van der Waals surface area contributed by atoms with Crippen molar-refractivity contribution in [1.29, 1.82) is 0 Å². The zero-order chi connectivity index (χ0) is 20.6. The first-order valence-corrected chi connectivity index (χ1v) is 9.61. The second-order valence-corrected chi connectivity index (χ2v) is 7.08. The van der Waals surface area contributed by atoms with Gasteiger partial charge in [-0.1, -0.05) is 30.3 Å². The van der Waals surface area contributed by atoms with Crippen LogP contribution in [0.2, 0.25) is 0 Å². The third-order valence-electron chi connectivity index (χ3n) is 4.89. The van der Waals surface area contributed by atoms with E-state index in [9.17, 15) is 19.5 Å². The van der Waals surface area contributed by atoms with E-state index in [1.54, 1.807) is 0 Å². The van der Waals surface area contributed by atoms with E-state index in [-0.39, 0.29) is 24.8 Å². The van der Waals surface area contributed by atoms with Crippen molar-refractivity contribution in [3.05, 3.63) is 54.1 Å². The Morgan fingerprint density at radius 2 is 1.93 bits per heavy atom. The average Bonchev–Trinajstić information content (AvgIpc) is 3.41. The van der Waals surface area contributed by atoms with Crippen LogP contribution in [0.4, 0.5) is 0 Å². The lowest BCUT2D eigenvalue weighted by molar-refractivity contribution is -0.142. The summed E-state index contributed by atoms with van der Waals surface area (Å²) in [7, 11) is 0. The first-order valence-electron chi connectivity index (χ1n) is 9.61. The fourth-order valence-electron chi connectivity index (χ4n) is 3.33. The standard InChI is InChI=1S/C20H25N5O4/c26-18(15-7-4-8-22-15)24-16(9-13-5-2-1-3-6-13)19(27)25-17(20(28)29)10-14-11-21-12-23-14/h1-3,5-6,11-12,15-17,22H,4,7-10H2,(H,21,23)(H,24,26)(H,25,27)(H,28,29). The summed E-state index contributed by atoms with van der Waals surface area (Å²) < 4.78 is 0. The monoisotopic (exact) mass is 399 g/mol. The lowest BCUT2D eigenvalue weighted by atomic mass is 10.0. The molecule has 9 nitrogen and oxygen atoms in total. The molecular weight excluding hydrogens is 374 g/mol. The molecule has 3 unspecified atom stereocenters. The van der Waals surface area contributed by atoms with Gasteiger partial charge in [0.1, 0.15) is 12.1 Å². The summed E-state index contributed by atoms with van der Waals surface area (Å²) in [6, 6.07) is 6.94. The molecule has 5 N–H and O–H groups in total. The number of benzene rings is 1. The first kappa shape index (κ1) is 20.5. The van der Waals surface area contributed by atoms with Crippen LogP contribution in [0.5, 0.6) is 0 Å². The molecule has 3 rings (SSSR count). The largest absolute Gasteiger partial charge is 0.480 e. The van der Waals surface area contributed by atoms with Crippen molar-refractivity contribution in [3.8, 4) is 0 Å². The Morgan fingerprint density at radius 1 is 1.14 bits per heavy atom. The van der Waals surface area contributed by atoms with Crippen LogP contribution in [0, 0.1) is 0 Å². The van der Waals surface area contributed by atoms with Gasteiger partial charge in [-0.15, -0.1) is 0 Å². The number of aromatic nitrogens is 2. The average molecular weight is 399 g/mol. The normalized spacial score (nSPS) is 18.0. The number of hydrogen-bond donors (Lipinski definition) is 5. The van der Waals surface area contributed by atoms with Gasteiger partial charge in [-0.2, -0.15) is 0 Å². The van der Waals surface area contributed by atoms with Crippen molar-refractivity contribution in [1.82, 2.24) is 25.9 Å². The number of carboxylic acid groups (broad SMARTS) is 1. The molecular formula is C20H25N5O4. The minimum absolute atomic E-state index is 0.0667. The Bertz CT molecular complexity index is 819. The van der Waals surface area contributed by atoms with Gasteiger partial charge in [0.2, 0.25) is 11.8 Å². The summed E-state index contributed by atoms with van der Waals surface area (Å²) in [5, 5.41) is 17.9. The molecule has 0 radical (unpaired) electrons. The maximum absolute atomic E-state index is 12.9. The second kappa shape index (κ2) is 9.83. The van der Waals surface area contributed by atoms with Crippen molar-refractivity contribution in [3.63, 3.8) is 0 Å². The predicted octanol–water partition coefficient (Wildman–Crippen LogP) is 0.00110. The Morgan fingerprint density at radius 3 is 2.55 bits per heavy atom. The number of carbonyl (C=O) groups is 3. The van der Waals surface area contributed by atoms with Crippen LogP contribution < -0.4 is 16.0 Å². The van der Waals surface area contributed by atoms with E-state index in [0.29, 0.717) is 12.1 Å². The Hall–Kier alpha value is -3.20. The number of nitrogens with zero attached hydrogens (tertiary/aromatic N) is 1. The number of imidazole rings is 1. The van der Waals surface area contributed by atoms with Crippen molar-refractivity contribution < 1.29 is 19.5 Å². The van der Waals surface area contributed by atoms with E-state index in [4.69, 9.17) is 0 Å². The number of rotatable bonds is 9. The zero-order valence-electron chi connectivity index (χ0n) is 15.9. The van der Waals surface area contributed by atoms with Gasteiger partial charge in [-0.25, -0.2) is 9.78 Å². The molecule has 1 aliphatic rings. The molecule has 0 spiro atoms. The van der Waals surface area contributed by atoms with Gasteiger partial charge < -0.3 is 26.0 Å². The number of carbonyl (C=O) groups excluding carboxylic acids is 2. The van der Waals surface area contributed by atoms with Crippen molar-refractivity contribution in [2.45, 2.75) is 43.8 Å². The zero-order valence-corrected chi connectivity index (χ0v) is 15.9. The first-order chi connectivity index (χ1) is 14.0. The molecule has 0 aliphatic carbocycles. The number of amides is 2. The van der Waals surface area contributed by atoms with E-state index in [1.807, 2.05) is 30.3 Å². The van der Waals surface area contributed by atoms with Crippen LogP contribution >= 0.6 is 0 Å². The molecule has 1 aliphatic heterocycles. The van der Waals surface area contributed by atoms with Gasteiger partial charge in [0, 0.05) is 24.7 Å². The van der Waals surface area contributed by atoms with Gasteiger partial charge >= 0.3 is 5.97 Å². The molecule has 29 heavy (non-hydrogen) atoms. The lowest BCUT2D eigenvalue weighted by Gasteiger charge is -2.23. The van der Waals surface area contributed by atoms with E-state index < -0.39 is 24.0 Å². The third-order valence-corrected chi connectivity index (χ3v) is 4.89. The Balaban J connectivity index is 1.70. The molecule has 9 heteroatoms. The van der Waals surface area contributed by atoms with Crippen molar-refractivity contribution in [2.75, 3.05) is 6.54 Å². The molecule has 0 bridgehead atoms. The summed E-state index contributed by atoms with van der Waals surface area (Å²) in [4.78, 5) is 43.8.